The zero-order valence-corrected chi connectivity index (χ0v) is 15.3. The zero-order chi connectivity index (χ0) is 18.4. The van der Waals surface area contributed by atoms with Gasteiger partial charge in [-0.2, -0.15) is 4.72 Å². The molecule has 0 spiro atoms. The topological polar surface area (TPSA) is 84.5 Å². The fourth-order valence-electron chi connectivity index (χ4n) is 2.30. The van der Waals surface area contributed by atoms with Crippen molar-refractivity contribution in [1.82, 2.24) is 4.72 Å². The number of rotatable bonds is 7. The molecule has 0 aliphatic rings. The summed E-state index contributed by atoms with van der Waals surface area (Å²) in [6, 6.07) is 12.5. The van der Waals surface area contributed by atoms with Crippen molar-refractivity contribution in [2.45, 2.75) is 31.2 Å². The Kier molecular flexibility index (Phi) is 6.17. The number of aryl methyl sites for hydroxylation is 1. The minimum absolute atomic E-state index is 0.0712. The molecule has 2 N–H and O–H groups in total. The first-order valence-corrected chi connectivity index (χ1v) is 9.41. The van der Waals surface area contributed by atoms with E-state index in [4.69, 9.17) is 4.74 Å². The number of carbonyl (C=O) groups excluding carboxylic acids is 1. The van der Waals surface area contributed by atoms with E-state index < -0.39 is 22.0 Å². The lowest BCUT2D eigenvalue weighted by atomic mass is 10.1. The maximum Gasteiger partial charge on any atom is 0.242 e. The van der Waals surface area contributed by atoms with Crippen LogP contribution < -0.4 is 14.8 Å². The number of hydrogen-bond donors (Lipinski definition) is 2. The predicted molar refractivity (Wildman–Crippen MR) is 97.2 cm³/mol. The van der Waals surface area contributed by atoms with Gasteiger partial charge in [0, 0.05) is 5.69 Å². The molecule has 0 aliphatic heterocycles. The lowest BCUT2D eigenvalue weighted by Gasteiger charge is -2.16. The van der Waals surface area contributed by atoms with Crippen LogP contribution in [0.2, 0.25) is 0 Å². The van der Waals surface area contributed by atoms with Gasteiger partial charge in [-0.05, 0) is 49.2 Å². The lowest BCUT2D eigenvalue weighted by molar-refractivity contribution is -0.117. The largest absolute Gasteiger partial charge is 0.497 e. The van der Waals surface area contributed by atoms with Gasteiger partial charge in [-0.3, -0.25) is 4.79 Å². The SMILES string of the molecule is CCc1ccccc1NC(=O)C(C)NS(=O)(=O)c1ccc(OC)cc1. The first kappa shape index (κ1) is 19.0. The number of methoxy groups -OCH3 is 1. The van der Waals surface area contributed by atoms with E-state index in [1.165, 1.54) is 26.2 Å². The molecule has 25 heavy (non-hydrogen) atoms. The number of sulfonamides is 1. The smallest absolute Gasteiger partial charge is 0.242 e. The van der Waals surface area contributed by atoms with Gasteiger partial charge in [-0.25, -0.2) is 8.42 Å². The number of carbonyl (C=O) groups is 1. The molecule has 0 heterocycles. The third-order valence-electron chi connectivity index (χ3n) is 3.75. The van der Waals surface area contributed by atoms with Crippen LogP contribution in [0.4, 0.5) is 5.69 Å². The Morgan fingerprint density at radius 1 is 1.12 bits per heavy atom. The second-order valence-corrected chi connectivity index (χ2v) is 7.23. The van der Waals surface area contributed by atoms with Crippen molar-refractivity contribution in [2.24, 2.45) is 0 Å². The highest BCUT2D eigenvalue weighted by Gasteiger charge is 2.22. The molecule has 2 aromatic rings. The summed E-state index contributed by atoms with van der Waals surface area (Å²) in [5.41, 5.74) is 1.67. The summed E-state index contributed by atoms with van der Waals surface area (Å²) in [6.45, 7) is 3.49. The van der Waals surface area contributed by atoms with Gasteiger partial charge in [0.15, 0.2) is 0 Å². The summed E-state index contributed by atoms with van der Waals surface area (Å²) in [4.78, 5) is 12.4. The Bertz CT molecular complexity index is 832. The minimum atomic E-state index is -3.80. The molecular weight excluding hydrogens is 340 g/mol. The Morgan fingerprint density at radius 3 is 2.36 bits per heavy atom. The van der Waals surface area contributed by atoms with Crippen molar-refractivity contribution in [1.29, 1.82) is 0 Å². The molecule has 2 rings (SSSR count). The molecule has 2 aromatic carbocycles. The second-order valence-electron chi connectivity index (χ2n) is 5.52. The van der Waals surface area contributed by atoms with E-state index in [-0.39, 0.29) is 4.90 Å². The van der Waals surface area contributed by atoms with Gasteiger partial charge in [0.05, 0.1) is 18.0 Å². The Labute approximate surface area is 148 Å². The first-order valence-electron chi connectivity index (χ1n) is 7.92. The van der Waals surface area contributed by atoms with Crippen LogP contribution in [0.3, 0.4) is 0 Å². The average Bonchev–Trinajstić information content (AvgIpc) is 2.61. The number of benzene rings is 2. The molecule has 1 amide bonds. The summed E-state index contributed by atoms with van der Waals surface area (Å²) in [7, 11) is -2.30. The van der Waals surface area contributed by atoms with Crippen molar-refractivity contribution >= 4 is 21.6 Å². The fraction of sp³-hybridized carbons (Fsp3) is 0.278. The monoisotopic (exact) mass is 362 g/mol. The molecular formula is C18H22N2O4S. The third kappa shape index (κ3) is 4.80. The van der Waals surface area contributed by atoms with Crippen molar-refractivity contribution < 1.29 is 17.9 Å². The maximum absolute atomic E-state index is 12.4. The van der Waals surface area contributed by atoms with Crippen LogP contribution in [0.1, 0.15) is 19.4 Å². The standard InChI is InChI=1S/C18H22N2O4S/c1-4-14-7-5-6-8-17(14)19-18(21)13(2)20-25(22,23)16-11-9-15(24-3)10-12-16/h5-13,20H,4H2,1-3H3,(H,19,21). The Morgan fingerprint density at radius 2 is 1.76 bits per heavy atom. The van der Waals surface area contributed by atoms with Gasteiger partial charge < -0.3 is 10.1 Å². The van der Waals surface area contributed by atoms with Crippen LogP contribution >= 0.6 is 0 Å². The molecule has 1 atom stereocenters. The van der Waals surface area contributed by atoms with E-state index in [0.717, 1.165) is 12.0 Å². The highest BCUT2D eigenvalue weighted by atomic mass is 32.2. The number of anilines is 1. The minimum Gasteiger partial charge on any atom is -0.497 e. The molecule has 0 saturated heterocycles. The molecule has 0 aliphatic carbocycles. The summed E-state index contributed by atoms with van der Waals surface area (Å²) in [5.74, 6) is 0.138. The molecule has 7 heteroatoms. The van der Waals surface area contributed by atoms with E-state index in [1.54, 1.807) is 18.2 Å². The van der Waals surface area contributed by atoms with Gasteiger partial charge in [0.1, 0.15) is 5.75 Å². The van der Waals surface area contributed by atoms with Crippen molar-refractivity contribution in [3.8, 4) is 5.75 Å². The number of nitrogens with one attached hydrogen (secondary N) is 2. The van der Waals surface area contributed by atoms with Crippen LogP contribution in [0.5, 0.6) is 5.75 Å². The van der Waals surface area contributed by atoms with Crippen molar-refractivity contribution in [3.63, 3.8) is 0 Å². The summed E-state index contributed by atoms with van der Waals surface area (Å²) in [5, 5.41) is 2.77. The summed E-state index contributed by atoms with van der Waals surface area (Å²) < 4.78 is 32.2. The molecule has 6 nitrogen and oxygen atoms in total. The first-order chi connectivity index (χ1) is 11.9. The fourth-order valence-corrected chi connectivity index (χ4v) is 3.50. The number of amides is 1. The molecule has 0 radical (unpaired) electrons. The zero-order valence-electron chi connectivity index (χ0n) is 14.4. The highest BCUT2D eigenvalue weighted by molar-refractivity contribution is 7.89. The van der Waals surface area contributed by atoms with E-state index in [9.17, 15) is 13.2 Å². The van der Waals surface area contributed by atoms with Crippen LogP contribution in [0.15, 0.2) is 53.4 Å². The second kappa shape index (κ2) is 8.13. The summed E-state index contributed by atoms with van der Waals surface area (Å²) >= 11 is 0. The van der Waals surface area contributed by atoms with Gasteiger partial charge >= 0.3 is 0 Å². The van der Waals surface area contributed by atoms with E-state index in [0.29, 0.717) is 11.4 Å². The normalized spacial score (nSPS) is 12.4. The molecule has 0 bridgehead atoms. The number of hydrogen-bond acceptors (Lipinski definition) is 4. The molecule has 1 unspecified atom stereocenters. The van der Waals surface area contributed by atoms with E-state index in [2.05, 4.69) is 10.0 Å². The number of ether oxygens (including phenoxy) is 1. The van der Waals surface area contributed by atoms with Crippen LogP contribution in [0.25, 0.3) is 0 Å². The van der Waals surface area contributed by atoms with Gasteiger partial charge in [-0.15, -0.1) is 0 Å². The van der Waals surface area contributed by atoms with Gasteiger partial charge in [0.2, 0.25) is 15.9 Å². The maximum atomic E-state index is 12.4. The average molecular weight is 362 g/mol. The van der Waals surface area contributed by atoms with Gasteiger partial charge in [0.25, 0.3) is 0 Å². The lowest BCUT2D eigenvalue weighted by Crippen LogP contribution is -2.41. The Balaban J connectivity index is 2.08. The number of para-hydroxylation sites is 1. The van der Waals surface area contributed by atoms with E-state index in [1.807, 2.05) is 25.1 Å². The molecule has 0 saturated carbocycles. The molecule has 0 fully saturated rings. The van der Waals surface area contributed by atoms with Crippen molar-refractivity contribution in [2.75, 3.05) is 12.4 Å². The van der Waals surface area contributed by atoms with Gasteiger partial charge in [-0.1, -0.05) is 25.1 Å². The highest BCUT2D eigenvalue weighted by Crippen LogP contribution is 2.17. The van der Waals surface area contributed by atoms with Crippen LogP contribution in [-0.4, -0.2) is 27.5 Å². The van der Waals surface area contributed by atoms with Crippen molar-refractivity contribution in [3.05, 3.63) is 54.1 Å². The predicted octanol–water partition coefficient (Wildman–Crippen LogP) is 2.56. The quantitative estimate of drug-likeness (QED) is 0.793. The van der Waals surface area contributed by atoms with Crippen LogP contribution in [-0.2, 0) is 21.2 Å². The molecule has 134 valence electrons. The van der Waals surface area contributed by atoms with Crippen LogP contribution in [0, 0.1) is 0 Å². The summed E-state index contributed by atoms with van der Waals surface area (Å²) in [6.07, 6.45) is 0.766. The Hall–Kier alpha value is -2.38. The van der Waals surface area contributed by atoms with E-state index >= 15 is 0 Å². The third-order valence-corrected chi connectivity index (χ3v) is 5.31. The molecule has 0 aromatic heterocycles.